The highest BCUT2D eigenvalue weighted by atomic mass is 19.1. The Labute approximate surface area is 157 Å². The molecule has 3 rings (SSSR count). The molecule has 2 aromatic carbocycles. The van der Waals surface area contributed by atoms with Crippen LogP contribution in [0.4, 0.5) is 15.8 Å². The van der Waals surface area contributed by atoms with Crippen LogP contribution in [-0.4, -0.2) is 24.5 Å². The van der Waals surface area contributed by atoms with E-state index in [1.54, 1.807) is 31.4 Å². The molecule has 0 bridgehead atoms. The Morgan fingerprint density at radius 1 is 1.07 bits per heavy atom. The van der Waals surface area contributed by atoms with Gasteiger partial charge in [0.1, 0.15) is 17.3 Å². The summed E-state index contributed by atoms with van der Waals surface area (Å²) in [5.41, 5.74) is 2.57. The second-order valence-corrected chi connectivity index (χ2v) is 5.88. The van der Waals surface area contributed by atoms with Crippen LogP contribution in [0.3, 0.4) is 0 Å². The van der Waals surface area contributed by atoms with E-state index in [0.29, 0.717) is 24.3 Å². The second-order valence-electron chi connectivity index (χ2n) is 5.88. The van der Waals surface area contributed by atoms with Gasteiger partial charge in [0.2, 0.25) is 0 Å². The van der Waals surface area contributed by atoms with E-state index in [1.807, 2.05) is 24.3 Å². The van der Waals surface area contributed by atoms with Gasteiger partial charge in [0.05, 0.1) is 7.11 Å². The first-order chi connectivity index (χ1) is 13.2. The van der Waals surface area contributed by atoms with Crippen LogP contribution in [0.25, 0.3) is 0 Å². The Kier molecular flexibility index (Phi) is 5.99. The van der Waals surface area contributed by atoms with Crippen molar-refractivity contribution in [2.24, 2.45) is 0 Å². The number of pyridine rings is 1. The Morgan fingerprint density at radius 3 is 2.70 bits per heavy atom. The summed E-state index contributed by atoms with van der Waals surface area (Å²) in [5, 5.41) is 5.91. The molecule has 0 aliphatic heterocycles. The minimum Gasteiger partial charge on any atom is -0.496 e. The predicted molar refractivity (Wildman–Crippen MR) is 103 cm³/mol. The molecule has 0 atom stereocenters. The normalized spacial score (nSPS) is 10.3. The van der Waals surface area contributed by atoms with Crippen LogP contribution in [0.5, 0.6) is 5.75 Å². The summed E-state index contributed by atoms with van der Waals surface area (Å²) in [7, 11) is 1.62. The number of benzene rings is 2. The highest BCUT2D eigenvalue weighted by Gasteiger charge is 2.09. The van der Waals surface area contributed by atoms with Crippen molar-refractivity contribution in [1.82, 2.24) is 10.3 Å². The molecule has 0 saturated heterocycles. The molecule has 1 amide bonds. The zero-order chi connectivity index (χ0) is 19.1. The topological polar surface area (TPSA) is 63.2 Å². The van der Waals surface area contributed by atoms with Gasteiger partial charge in [0.25, 0.3) is 5.91 Å². The van der Waals surface area contributed by atoms with Gasteiger partial charge in [-0.05, 0) is 48.4 Å². The number of carbonyl (C=O) groups is 1. The van der Waals surface area contributed by atoms with Crippen LogP contribution in [-0.2, 0) is 6.42 Å². The third-order valence-electron chi connectivity index (χ3n) is 3.98. The highest BCUT2D eigenvalue weighted by molar-refractivity contribution is 5.93. The molecule has 0 fully saturated rings. The molecule has 1 aromatic heterocycles. The number of ether oxygens (including phenoxy) is 1. The molecule has 5 nitrogen and oxygen atoms in total. The van der Waals surface area contributed by atoms with Crippen molar-refractivity contribution in [3.05, 3.63) is 83.9 Å². The lowest BCUT2D eigenvalue weighted by atomic mass is 10.1. The Bertz CT molecular complexity index is 931. The zero-order valence-electron chi connectivity index (χ0n) is 14.9. The van der Waals surface area contributed by atoms with Gasteiger partial charge in [-0.1, -0.05) is 24.3 Å². The first-order valence-corrected chi connectivity index (χ1v) is 8.54. The number of aromatic nitrogens is 1. The number of hydrogen-bond acceptors (Lipinski definition) is 4. The number of rotatable bonds is 7. The van der Waals surface area contributed by atoms with Gasteiger partial charge in [-0.3, -0.25) is 9.78 Å². The fraction of sp³-hybridized carbons (Fsp3) is 0.143. The molecule has 0 aliphatic carbocycles. The third-order valence-corrected chi connectivity index (χ3v) is 3.98. The minimum absolute atomic E-state index is 0.271. The average Bonchev–Trinajstić information content (AvgIpc) is 2.68. The molecule has 2 N–H and O–H groups in total. The minimum atomic E-state index is -0.330. The van der Waals surface area contributed by atoms with Crippen molar-refractivity contribution in [3.8, 4) is 5.75 Å². The van der Waals surface area contributed by atoms with Crippen LogP contribution >= 0.6 is 0 Å². The molecular formula is C21H20FN3O2. The molecule has 0 saturated carbocycles. The zero-order valence-corrected chi connectivity index (χ0v) is 14.9. The van der Waals surface area contributed by atoms with Crippen LogP contribution in [0.2, 0.25) is 0 Å². The van der Waals surface area contributed by atoms with Crippen LogP contribution in [0.15, 0.2) is 66.9 Å². The van der Waals surface area contributed by atoms with E-state index in [1.165, 1.54) is 18.3 Å². The van der Waals surface area contributed by atoms with Crippen LogP contribution < -0.4 is 15.4 Å². The Morgan fingerprint density at radius 2 is 1.89 bits per heavy atom. The number of amides is 1. The van der Waals surface area contributed by atoms with Gasteiger partial charge in [0, 0.05) is 24.1 Å². The molecule has 0 aliphatic rings. The summed E-state index contributed by atoms with van der Waals surface area (Å²) >= 11 is 0. The van der Waals surface area contributed by atoms with E-state index in [9.17, 15) is 9.18 Å². The Balaban J connectivity index is 1.60. The maximum atomic E-state index is 13.3. The fourth-order valence-electron chi connectivity index (χ4n) is 2.68. The highest BCUT2D eigenvalue weighted by Crippen LogP contribution is 2.18. The number of anilines is 2. The summed E-state index contributed by atoms with van der Waals surface area (Å²) in [6.45, 7) is 0.461. The number of carbonyl (C=O) groups excluding carboxylic acids is 1. The van der Waals surface area contributed by atoms with E-state index < -0.39 is 0 Å². The largest absolute Gasteiger partial charge is 0.496 e. The lowest BCUT2D eigenvalue weighted by Crippen LogP contribution is -2.26. The van der Waals surface area contributed by atoms with Gasteiger partial charge >= 0.3 is 0 Å². The third kappa shape index (κ3) is 5.04. The van der Waals surface area contributed by atoms with Gasteiger partial charge in [-0.25, -0.2) is 4.39 Å². The quantitative estimate of drug-likeness (QED) is 0.666. The number of halogens is 1. The number of methoxy groups -OCH3 is 1. The molecule has 0 radical (unpaired) electrons. The molecule has 6 heteroatoms. The van der Waals surface area contributed by atoms with Crippen LogP contribution in [0, 0.1) is 5.82 Å². The first-order valence-electron chi connectivity index (χ1n) is 8.54. The SMILES string of the molecule is COc1ccccc1CCNC(=O)c1cc(Nc2cccc(F)c2)ccn1. The van der Waals surface area contributed by atoms with E-state index in [2.05, 4.69) is 15.6 Å². The van der Waals surface area contributed by atoms with E-state index in [4.69, 9.17) is 4.74 Å². The molecule has 1 heterocycles. The van der Waals surface area contributed by atoms with Crippen molar-refractivity contribution >= 4 is 17.3 Å². The molecule has 27 heavy (non-hydrogen) atoms. The van der Waals surface area contributed by atoms with E-state index in [-0.39, 0.29) is 17.4 Å². The summed E-state index contributed by atoms with van der Waals surface area (Å²) in [6, 6.07) is 17.2. The maximum Gasteiger partial charge on any atom is 0.269 e. The van der Waals surface area contributed by atoms with Crippen molar-refractivity contribution in [1.29, 1.82) is 0 Å². The summed E-state index contributed by atoms with van der Waals surface area (Å²) in [5.74, 6) is 0.197. The lowest BCUT2D eigenvalue weighted by Gasteiger charge is -2.10. The molecule has 138 valence electrons. The number of nitrogens with zero attached hydrogens (tertiary/aromatic N) is 1. The van der Waals surface area contributed by atoms with Gasteiger partial charge in [-0.15, -0.1) is 0 Å². The smallest absolute Gasteiger partial charge is 0.269 e. The first kappa shape index (κ1) is 18.4. The summed E-state index contributed by atoms with van der Waals surface area (Å²) < 4.78 is 18.6. The van der Waals surface area contributed by atoms with Crippen molar-refractivity contribution in [2.75, 3.05) is 19.0 Å². The monoisotopic (exact) mass is 365 g/mol. The fourth-order valence-corrected chi connectivity index (χ4v) is 2.68. The van der Waals surface area contributed by atoms with Crippen molar-refractivity contribution in [2.45, 2.75) is 6.42 Å². The van der Waals surface area contributed by atoms with Crippen molar-refractivity contribution in [3.63, 3.8) is 0 Å². The summed E-state index contributed by atoms with van der Waals surface area (Å²) in [6.07, 6.45) is 2.19. The molecule has 0 unspecified atom stereocenters. The predicted octanol–water partition coefficient (Wildman–Crippen LogP) is 3.95. The van der Waals surface area contributed by atoms with Gasteiger partial charge in [0.15, 0.2) is 0 Å². The maximum absolute atomic E-state index is 13.3. The number of hydrogen-bond donors (Lipinski definition) is 2. The van der Waals surface area contributed by atoms with Gasteiger partial charge < -0.3 is 15.4 Å². The van der Waals surface area contributed by atoms with Crippen LogP contribution in [0.1, 0.15) is 16.1 Å². The lowest BCUT2D eigenvalue weighted by molar-refractivity contribution is 0.0949. The standard InChI is InChI=1S/C21H20FN3O2/c1-27-20-8-3-2-5-15(20)9-11-24-21(26)19-14-18(10-12-23-19)25-17-7-4-6-16(22)13-17/h2-8,10,12-14H,9,11H2,1H3,(H,23,25)(H,24,26). The molecule has 0 spiro atoms. The average molecular weight is 365 g/mol. The molecular weight excluding hydrogens is 345 g/mol. The van der Waals surface area contributed by atoms with E-state index in [0.717, 1.165) is 11.3 Å². The van der Waals surface area contributed by atoms with E-state index >= 15 is 0 Å². The van der Waals surface area contributed by atoms with Crippen molar-refractivity contribution < 1.29 is 13.9 Å². The van der Waals surface area contributed by atoms with Gasteiger partial charge in [-0.2, -0.15) is 0 Å². The number of nitrogens with one attached hydrogen (secondary N) is 2. The summed E-state index contributed by atoms with van der Waals surface area (Å²) in [4.78, 5) is 16.5. The Hall–Kier alpha value is -3.41. The number of para-hydroxylation sites is 1. The second kappa shape index (κ2) is 8.80. The molecule has 3 aromatic rings.